The molecule has 152 valence electrons. The molecule has 30 heavy (non-hydrogen) atoms. The lowest BCUT2D eigenvalue weighted by Gasteiger charge is -2.12. The number of carbonyl (C=O) groups excluding carboxylic acids is 2. The average molecular weight is 499 g/mol. The van der Waals surface area contributed by atoms with Crippen molar-refractivity contribution in [1.82, 2.24) is 4.90 Å². The maximum absolute atomic E-state index is 12.7. The minimum atomic E-state index is -0.404. The van der Waals surface area contributed by atoms with Gasteiger partial charge in [-0.15, -0.1) is 0 Å². The largest absolute Gasteiger partial charge is 0.457 e. The molecule has 0 bridgehead atoms. The second kappa shape index (κ2) is 8.69. The number of hydrogen-bond acceptors (Lipinski definition) is 4. The highest BCUT2D eigenvalue weighted by Crippen LogP contribution is 2.36. The molecule has 0 N–H and O–H groups in total. The van der Waals surface area contributed by atoms with Crippen molar-refractivity contribution in [2.45, 2.75) is 6.54 Å². The fraction of sp³-hybridized carbons (Fsp3) is 0.0476. The number of rotatable bonds is 4. The van der Waals surface area contributed by atoms with Crippen molar-refractivity contribution in [3.63, 3.8) is 0 Å². The molecule has 1 saturated heterocycles. The van der Waals surface area contributed by atoms with E-state index in [1.807, 2.05) is 0 Å². The third-order valence-electron chi connectivity index (χ3n) is 4.30. The Labute approximate surface area is 196 Å². The number of amides is 2. The molecule has 2 amide bonds. The molecular formula is C21H11Cl4NO3S. The van der Waals surface area contributed by atoms with Gasteiger partial charge >= 0.3 is 0 Å². The van der Waals surface area contributed by atoms with E-state index in [1.54, 1.807) is 48.5 Å². The second-order valence-corrected chi connectivity index (χ2v) is 8.99. The Morgan fingerprint density at radius 2 is 1.70 bits per heavy atom. The van der Waals surface area contributed by atoms with Gasteiger partial charge < -0.3 is 4.42 Å². The quantitative estimate of drug-likeness (QED) is 0.344. The van der Waals surface area contributed by atoms with Crippen LogP contribution in [0, 0.1) is 0 Å². The molecule has 1 aromatic heterocycles. The van der Waals surface area contributed by atoms with Crippen molar-refractivity contribution < 1.29 is 14.0 Å². The van der Waals surface area contributed by atoms with Crippen LogP contribution in [0.2, 0.25) is 20.1 Å². The lowest BCUT2D eigenvalue weighted by atomic mass is 10.2. The molecule has 3 aromatic rings. The molecule has 0 spiro atoms. The monoisotopic (exact) mass is 497 g/mol. The predicted molar refractivity (Wildman–Crippen MR) is 122 cm³/mol. The van der Waals surface area contributed by atoms with E-state index in [0.717, 1.165) is 16.7 Å². The normalized spacial score (nSPS) is 15.5. The summed E-state index contributed by atoms with van der Waals surface area (Å²) in [5, 5.41) is 1.37. The molecule has 2 heterocycles. The zero-order valence-electron chi connectivity index (χ0n) is 15.0. The number of imide groups is 1. The van der Waals surface area contributed by atoms with Gasteiger partial charge in [0.2, 0.25) is 0 Å². The van der Waals surface area contributed by atoms with Crippen molar-refractivity contribution in [3.05, 3.63) is 84.9 Å². The van der Waals surface area contributed by atoms with Crippen LogP contribution in [0.1, 0.15) is 11.3 Å². The van der Waals surface area contributed by atoms with Crippen LogP contribution < -0.4 is 0 Å². The van der Waals surface area contributed by atoms with Gasteiger partial charge in [0.05, 0.1) is 26.5 Å². The van der Waals surface area contributed by atoms with E-state index in [2.05, 4.69) is 0 Å². The number of furan rings is 1. The van der Waals surface area contributed by atoms with Crippen LogP contribution in [0.3, 0.4) is 0 Å². The number of halogens is 4. The highest BCUT2D eigenvalue weighted by molar-refractivity contribution is 8.18. The topological polar surface area (TPSA) is 50.5 Å². The summed E-state index contributed by atoms with van der Waals surface area (Å²) in [5.74, 6) is 0.549. The molecule has 1 fully saturated rings. The Balaban J connectivity index is 1.55. The highest BCUT2D eigenvalue weighted by atomic mass is 35.5. The van der Waals surface area contributed by atoms with Gasteiger partial charge in [0.1, 0.15) is 11.5 Å². The maximum atomic E-state index is 12.7. The van der Waals surface area contributed by atoms with Crippen molar-refractivity contribution in [2.75, 3.05) is 0 Å². The molecule has 0 aliphatic carbocycles. The molecule has 4 nitrogen and oxygen atoms in total. The molecule has 9 heteroatoms. The number of thioether (sulfide) groups is 1. The third kappa shape index (κ3) is 4.41. The van der Waals surface area contributed by atoms with Gasteiger partial charge in [-0.25, -0.2) is 0 Å². The van der Waals surface area contributed by atoms with Crippen LogP contribution in [-0.4, -0.2) is 16.0 Å². The van der Waals surface area contributed by atoms with Gasteiger partial charge in [0.15, 0.2) is 0 Å². The molecule has 2 aromatic carbocycles. The summed E-state index contributed by atoms with van der Waals surface area (Å²) in [6, 6.07) is 13.5. The molecule has 0 saturated carbocycles. The van der Waals surface area contributed by atoms with E-state index >= 15 is 0 Å². The van der Waals surface area contributed by atoms with Crippen LogP contribution in [0.15, 0.2) is 57.9 Å². The summed E-state index contributed by atoms with van der Waals surface area (Å²) in [6.45, 7) is 0.0999. The predicted octanol–water partition coefficient (Wildman–Crippen LogP) is 7.80. The Hall–Kier alpha value is -1.89. The van der Waals surface area contributed by atoms with Crippen molar-refractivity contribution >= 4 is 75.4 Å². The smallest absolute Gasteiger partial charge is 0.293 e. The van der Waals surface area contributed by atoms with Crippen molar-refractivity contribution in [1.29, 1.82) is 0 Å². The van der Waals surface area contributed by atoms with E-state index in [9.17, 15) is 9.59 Å². The summed E-state index contributed by atoms with van der Waals surface area (Å²) in [5.41, 5.74) is 1.37. The van der Waals surface area contributed by atoms with Gasteiger partial charge in [-0.1, -0.05) is 52.5 Å². The lowest BCUT2D eigenvalue weighted by Crippen LogP contribution is -2.27. The van der Waals surface area contributed by atoms with Gasteiger partial charge in [0, 0.05) is 16.7 Å². The summed E-state index contributed by atoms with van der Waals surface area (Å²) >= 11 is 24.9. The van der Waals surface area contributed by atoms with Crippen LogP contribution >= 0.6 is 58.2 Å². The lowest BCUT2D eigenvalue weighted by molar-refractivity contribution is -0.123. The number of carbonyl (C=O) groups is 2. The fourth-order valence-corrected chi connectivity index (χ4v) is 4.49. The number of nitrogens with zero attached hydrogens (tertiary/aromatic N) is 1. The van der Waals surface area contributed by atoms with Gasteiger partial charge in [-0.05, 0) is 59.8 Å². The van der Waals surface area contributed by atoms with Crippen molar-refractivity contribution in [3.8, 4) is 11.3 Å². The van der Waals surface area contributed by atoms with Gasteiger partial charge in [0.25, 0.3) is 11.1 Å². The standard InChI is InChI=1S/C21H11Cl4NO3S/c22-12-2-4-14(16(24)8-12)18-6-3-13(29-18)9-19-20(27)26(21(28)30-19)10-11-1-5-15(23)17(25)7-11/h1-9H,10H2/b19-9-. The average Bonchev–Trinajstić information content (AvgIpc) is 3.25. The summed E-state index contributed by atoms with van der Waals surface area (Å²) in [6.07, 6.45) is 1.53. The zero-order valence-corrected chi connectivity index (χ0v) is 18.8. The first-order chi connectivity index (χ1) is 14.3. The molecule has 0 unspecified atom stereocenters. The molecular weight excluding hydrogens is 488 g/mol. The first kappa shape index (κ1) is 21.3. The molecule has 1 aliphatic heterocycles. The number of benzene rings is 2. The summed E-state index contributed by atoms with van der Waals surface area (Å²) < 4.78 is 5.79. The van der Waals surface area contributed by atoms with Crippen molar-refractivity contribution in [2.24, 2.45) is 0 Å². The SMILES string of the molecule is O=C1S/C(=C\c2ccc(-c3ccc(Cl)cc3Cl)o2)C(=O)N1Cc1ccc(Cl)c(Cl)c1. The van der Waals surface area contributed by atoms with E-state index in [-0.39, 0.29) is 16.7 Å². The molecule has 0 radical (unpaired) electrons. The van der Waals surface area contributed by atoms with E-state index in [1.165, 1.54) is 6.08 Å². The zero-order chi connectivity index (χ0) is 21.4. The summed E-state index contributed by atoms with van der Waals surface area (Å²) in [7, 11) is 0. The Morgan fingerprint density at radius 3 is 2.43 bits per heavy atom. The van der Waals surface area contributed by atoms with Gasteiger partial charge in [-0.2, -0.15) is 0 Å². The van der Waals surface area contributed by atoms with Crippen LogP contribution in [0.4, 0.5) is 4.79 Å². The minimum absolute atomic E-state index is 0.0999. The van der Waals surface area contributed by atoms with E-state index in [4.69, 9.17) is 50.8 Å². The third-order valence-corrected chi connectivity index (χ3v) is 6.49. The first-order valence-electron chi connectivity index (χ1n) is 8.56. The Morgan fingerprint density at radius 1 is 0.900 bits per heavy atom. The second-order valence-electron chi connectivity index (χ2n) is 6.34. The van der Waals surface area contributed by atoms with E-state index < -0.39 is 5.91 Å². The Kier molecular flexibility index (Phi) is 6.19. The Bertz CT molecular complexity index is 1200. The molecule has 4 rings (SSSR count). The highest BCUT2D eigenvalue weighted by Gasteiger charge is 2.35. The summed E-state index contributed by atoms with van der Waals surface area (Å²) in [4.78, 5) is 26.5. The van der Waals surface area contributed by atoms with E-state index in [0.29, 0.717) is 42.7 Å². The minimum Gasteiger partial charge on any atom is -0.457 e. The maximum Gasteiger partial charge on any atom is 0.293 e. The molecule has 1 aliphatic rings. The van der Waals surface area contributed by atoms with Crippen LogP contribution in [-0.2, 0) is 11.3 Å². The fourth-order valence-electron chi connectivity index (χ4n) is 2.85. The van der Waals surface area contributed by atoms with Gasteiger partial charge in [-0.3, -0.25) is 14.5 Å². The van der Waals surface area contributed by atoms with Crippen LogP contribution in [0.25, 0.3) is 17.4 Å². The van der Waals surface area contributed by atoms with Crippen LogP contribution in [0.5, 0.6) is 0 Å². The first-order valence-corrected chi connectivity index (χ1v) is 10.9. The molecule has 0 atom stereocenters. The number of hydrogen-bond donors (Lipinski definition) is 0.